The Kier molecular flexibility index (Phi) is 3.93. The summed E-state index contributed by atoms with van der Waals surface area (Å²) in [6, 6.07) is 7.74. The minimum atomic E-state index is -0.296. The summed E-state index contributed by atoms with van der Waals surface area (Å²) >= 11 is 0. The van der Waals surface area contributed by atoms with Gasteiger partial charge in [0.15, 0.2) is 17.3 Å². The molecule has 1 atom stereocenters. The number of aromatic nitrogens is 3. The molecular formula is C18H20N4O3. The van der Waals surface area contributed by atoms with Gasteiger partial charge in [0.1, 0.15) is 5.52 Å². The lowest BCUT2D eigenvalue weighted by Crippen LogP contribution is -2.22. The van der Waals surface area contributed by atoms with E-state index < -0.39 is 0 Å². The minimum absolute atomic E-state index is 0.296. The molecule has 3 aromatic rings. The summed E-state index contributed by atoms with van der Waals surface area (Å²) in [5.41, 5.74) is 2.69. The van der Waals surface area contributed by atoms with Crippen LogP contribution in [0, 0.1) is 0 Å². The third-order valence-electron chi connectivity index (χ3n) is 4.51. The molecule has 130 valence electrons. The molecule has 1 unspecified atom stereocenters. The molecule has 1 aliphatic rings. The molecule has 0 bridgehead atoms. The molecular weight excluding hydrogens is 320 g/mol. The normalized spacial score (nSPS) is 17.2. The van der Waals surface area contributed by atoms with Gasteiger partial charge in [0.05, 0.1) is 26.0 Å². The van der Waals surface area contributed by atoms with E-state index in [2.05, 4.69) is 15.0 Å². The Morgan fingerprint density at radius 1 is 1.16 bits per heavy atom. The van der Waals surface area contributed by atoms with E-state index in [4.69, 9.17) is 9.47 Å². The van der Waals surface area contributed by atoms with Crippen molar-refractivity contribution in [3.63, 3.8) is 0 Å². The summed E-state index contributed by atoms with van der Waals surface area (Å²) in [5.74, 6) is 2.19. The van der Waals surface area contributed by atoms with Gasteiger partial charge in [-0.05, 0) is 30.7 Å². The average Bonchev–Trinajstić information content (AvgIpc) is 3.26. The second-order valence-electron chi connectivity index (χ2n) is 6.07. The van der Waals surface area contributed by atoms with Gasteiger partial charge in [-0.15, -0.1) is 0 Å². The van der Waals surface area contributed by atoms with Crippen molar-refractivity contribution < 1.29 is 14.6 Å². The average molecular weight is 340 g/mol. The molecule has 0 amide bonds. The van der Waals surface area contributed by atoms with Crippen molar-refractivity contribution in [1.82, 2.24) is 14.6 Å². The van der Waals surface area contributed by atoms with Gasteiger partial charge < -0.3 is 19.5 Å². The van der Waals surface area contributed by atoms with E-state index in [0.29, 0.717) is 18.0 Å². The van der Waals surface area contributed by atoms with Gasteiger partial charge in [0.25, 0.3) is 0 Å². The highest BCUT2D eigenvalue weighted by atomic mass is 16.5. The number of hydrogen-bond donors (Lipinski definition) is 1. The lowest BCUT2D eigenvalue weighted by atomic mass is 10.1. The summed E-state index contributed by atoms with van der Waals surface area (Å²) in [4.78, 5) is 6.60. The molecule has 0 saturated carbocycles. The van der Waals surface area contributed by atoms with Gasteiger partial charge >= 0.3 is 0 Å². The highest BCUT2D eigenvalue weighted by Gasteiger charge is 2.23. The van der Waals surface area contributed by atoms with Crippen LogP contribution in [0.1, 0.15) is 6.42 Å². The van der Waals surface area contributed by atoms with Crippen molar-refractivity contribution in [3.05, 3.63) is 36.7 Å². The third-order valence-corrected chi connectivity index (χ3v) is 4.51. The van der Waals surface area contributed by atoms with Crippen molar-refractivity contribution in [1.29, 1.82) is 0 Å². The molecule has 0 spiro atoms. The molecule has 4 rings (SSSR count). The van der Waals surface area contributed by atoms with Gasteiger partial charge in [-0.25, -0.2) is 9.50 Å². The van der Waals surface area contributed by atoms with Gasteiger partial charge in [-0.1, -0.05) is 0 Å². The smallest absolute Gasteiger partial charge is 0.161 e. The first-order valence-electron chi connectivity index (χ1n) is 8.19. The zero-order valence-electron chi connectivity index (χ0n) is 14.2. The monoisotopic (exact) mass is 340 g/mol. The fourth-order valence-electron chi connectivity index (χ4n) is 3.22. The lowest BCUT2D eigenvalue weighted by molar-refractivity contribution is 0.198. The van der Waals surface area contributed by atoms with Crippen LogP contribution in [0.25, 0.3) is 16.8 Å². The first kappa shape index (κ1) is 15.7. The Morgan fingerprint density at radius 3 is 2.72 bits per heavy atom. The number of aliphatic hydroxyl groups is 1. The van der Waals surface area contributed by atoms with E-state index in [1.54, 1.807) is 20.4 Å². The van der Waals surface area contributed by atoms with E-state index >= 15 is 0 Å². The number of aliphatic hydroxyl groups excluding tert-OH is 1. The summed E-state index contributed by atoms with van der Waals surface area (Å²) in [7, 11) is 3.23. The third kappa shape index (κ3) is 2.76. The lowest BCUT2D eigenvalue weighted by Gasteiger charge is -2.16. The molecule has 7 heteroatoms. The van der Waals surface area contributed by atoms with Gasteiger partial charge in [0.2, 0.25) is 0 Å². The fraction of sp³-hybridized carbons (Fsp3) is 0.333. The number of hydrogen-bond acceptors (Lipinski definition) is 6. The van der Waals surface area contributed by atoms with Crippen LogP contribution < -0.4 is 14.4 Å². The molecule has 1 saturated heterocycles. The summed E-state index contributed by atoms with van der Waals surface area (Å²) in [5, 5.41) is 14.5. The largest absolute Gasteiger partial charge is 0.493 e. The van der Waals surface area contributed by atoms with Crippen LogP contribution in [0.5, 0.6) is 11.5 Å². The van der Waals surface area contributed by atoms with Crippen molar-refractivity contribution >= 4 is 11.3 Å². The molecule has 3 heterocycles. The SMILES string of the molecule is COc1ccc(-c2cc3c(N4CCC(O)C4)nccn3n2)cc1OC. The van der Waals surface area contributed by atoms with E-state index in [1.165, 1.54) is 0 Å². The number of rotatable bonds is 4. The maximum Gasteiger partial charge on any atom is 0.161 e. The number of nitrogens with zero attached hydrogens (tertiary/aromatic N) is 4. The van der Waals surface area contributed by atoms with Crippen LogP contribution in [0.3, 0.4) is 0 Å². The molecule has 0 aliphatic carbocycles. The zero-order chi connectivity index (χ0) is 17.4. The highest BCUT2D eigenvalue weighted by Crippen LogP contribution is 2.33. The second-order valence-corrected chi connectivity index (χ2v) is 6.07. The first-order chi connectivity index (χ1) is 12.2. The predicted octanol–water partition coefficient (Wildman–Crippen LogP) is 1.98. The molecule has 7 nitrogen and oxygen atoms in total. The van der Waals surface area contributed by atoms with Crippen LogP contribution in [-0.4, -0.2) is 53.1 Å². The number of anilines is 1. The fourth-order valence-corrected chi connectivity index (χ4v) is 3.22. The van der Waals surface area contributed by atoms with Crippen molar-refractivity contribution in [2.75, 3.05) is 32.2 Å². The van der Waals surface area contributed by atoms with Crippen molar-refractivity contribution in [3.8, 4) is 22.8 Å². The van der Waals surface area contributed by atoms with Crippen LogP contribution in [0.15, 0.2) is 36.7 Å². The quantitative estimate of drug-likeness (QED) is 0.783. The second kappa shape index (κ2) is 6.25. The maximum absolute atomic E-state index is 9.81. The van der Waals surface area contributed by atoms with E-state index in [1.807, 2.05) is 35.0 Å². The predicted molar refractivity (Wildman–Crippen MR) is 94.4 cm³/mol. The molecule has 1 aromatic carbocycles. The number of ether oxygens (including phenoxy) is 2. The van der Waals surface area contributed by atoms with Crippen LogP contribution in [0.2, 0.25) is 0 Å². The molecule has 2 aromatic heterocycles. The molecule has 1 fully saturated rings. The van der Waals surface area contributed by atoms with Gasteiger partial charge in [-0.3, -0.25) is 0 Å². The summed E-state index contributed by atoms with van der Waals surface area (Å²) in [6.07, 6.45) is 4.03. The van der Waals surface area contributed by atoms with Gasteiger partial charge in [0, 0.05) is 31.0 Å². The number of fused-ring (bicyclic) bond motifs is 1. The number of benzene rings is 1. The van der Waals surface area contributed by atoms with E-state index in [-0.39, 0.29) is 6.10 Å². The molecule has 25 heavy (non-hydrogen) atoms. The molecule has 1 aliphatic heterocycles. The Bertz CT molecular complexity index is 908. The van der Waals surface area contributed by atoms with Crippen LogP contribution in [-0.2, 0) is 0 Å². The summed E-state index contributed by atoms with van der Waals surface area (Å²) < 4.78 is 12.5. The van der Waals surface area contributed by atoms with Crippen LogP contribution in [0.4, 0.5) is 5.82 Å². The standard InChI is InChI=1S/C18H20N4O3/c1-24-16-4-3-12(9-17(16)25-2)14-10-15-18(19-6-8-22(15)20-14)21-7-5-13(23)11-21/h3-4,6,8-10,13,23H,5,7,11H2,1-2H3. The maximum atomic E-state index is 9.81. The van der Waals surface area contributed by atoms with Gasteiger partial charge in [-0.2, -0.15) is 5.10 Å². The van der Waals surface area contributed by atoms with E-state index in [0.717, 1.165) is 35.6 Å². The Hall–Kier alpha value is -2.80. The Labute approximate surface area is 145 Å². The Morgan fingerprint density at radius 2 is 2.00 bits per heavy atom. The van der Waals surface area contributed by atoms with E-state index in [9.17, 15) is 5.11 Å². The highest BCUT2D eigenvalue weighted by molar-refractivity contribution is 5.76. The molecule has 1 N–H and O–H groups in total. The Balaban J connectivity index is 1.77. The van der Waals surface area contributed by atoms with Crippen molar-refractivity contribution in [2.45, 2.75) is 12.5 Å². The first-order valence-corrected chi connectivity index (χ1v) is 8.19. The molecule has 0 radical (unpaired) electrons. The minimum Gasteiger partial charge on any atom is -0.493 e. The summed E-state index contributed by atoms with van der Waals surface area (Å²) in [6.45, 7) is 1.40. The number of methoxy groups -OCH3 is 2. The van der Waals surface area contributed by atoms with Crippen LogP contribution >= 0.6 is 0 Å². The zero-order valence-corrected chi connectivity index (χ0v) is 14.2. The van der Waals surface area contributed by atoms with Crippen molar-refractivity contribution in [2.24, 2.45) is 0 Å². The number of β-amino-alcohol motifs (C(OH)–C–C–N with tert-alkyl or cyclic N) is 1. The topological polar surface area (TPSA) is 72.1 Å².